The van der Waals surface area contributed by atoms with E-state index in [1.54, 1.807) is 60.4 Å². The Bertz CT molecular complexity index is 1180. The van der Waals surface area contributed by atoms with Crippen LogP contribution in [0.5, 0.6) is 5.75 Å². The highest BCUT2D eigenvalue weighted by Gasteiger charge is 2.10. The van der Waals surface area contributed by atoms with Gasteiger partial charge in [-0.2, -0.15) is 5.10 Å². The van der Waals surface area contributed by atoms with Gasteiger partial charge in [0.05, 0.1) is 11.9 Å². The number of ether oxygens (including phenoxy) is 1. The minimum atomic E-state index is -0.312. The van der Waals surface area contributed by atoms with Crippen LogP contribution >= 0.6 is 0 Å². The summed E-state index contributed by atoms with van der Waals surface area (Å²) >= 11 is 0. The van der Waals surface area contributed by atoms with Crippen LogP contribution in [0, 0.1) is 5.82 Å². The summed E-state index contributed by atoms with van der Waals surface area (Å²) in [6.45, 7) is 0.163. The number of aromatic nitrogens is 4. The molecule has 4 aromatic rings. The molecule has 2 aromatic heterocycles. The minimum Gasteiger partial charge on any atom is -0.484 e. The van der Waals surface area contributed by atoms with Crippen LogP contribution in [0.15, 0.2) is 71.6 Å². The summed E-state index contributed by atoms with van der Waals surface area (Å²) in [4.78, 5) is 12.3. The Kier molecular flexibility index (Phi) is 5.84. The van der Waals surface area contributed by atoms with Crippen LogP contribution in [0.3, 0.4) is 0 Å². The second-order valence-electron chi connectivity index (χ2n) is 6.55. The molecule has 1 N–H and O–H groups in total. The minimum absolute atomic E-state index is 0.163. The molecule has 0 saturated carbocycles. The van der Waals surface area contributed by atoms with E-state index in [4.69, 9.17) is 9.15 Å². The predicted octanol–water partition coefficient (Wildman–Crippen LogP) is 3.84. The van der Waals surface area contributed by atoms with Crippen LogP contribution < -0.4 is 10.1 Å². The van der Waals surface area contributed by atoms with Crippen molar-refractivity contribution in [2.75, 3.05) is 5.32 Å². The zero-order valence-electron chi connectivity index (χ0n) is 16.5. The van der Waals surface area contributed by atoms with E-state index in [1.165, 1.54) is 24.6 Å². The van der Waals surface area contributed by atoms with E-state index in [0.29, 0.717) is 17.3 Å². The molecule has 0 unspecified atom stereocenters. The fourth-order valence-electron chi connectivity index (χ4n) is 2.93. The third-order valence-corrected chi connectivity index (χ3v) is 4.39. The van der Waals surface area contributed by atoms with Gasteiger partial charge in [-0.1, -0.05) is 0 Å². The molecule has 0 saturated heterocycles. The topological polar surface area (TPSA) is 95.1 Å². The number of carbonyl (C=O) groups excluding carboxylic acids is 1. The highest BCUT2D eigenvalue weighted by atomic mass is 19.1. The van der Waals surface area contributed by atoms with Gasteiger partial charge in [-0.05, 0) is 54.6 Å². The summed E-state index contributed by atoms with van der Waals surface area (Å²) in [5.74, 6) is 0.367. The molecule has 4 rings (SSSR count). The van der Waals surface area contributed by atoms with Crippen molar-refractivity contribution in [3.05, 3.63) is 84.5 Å². The zero-order chi connectivity index (χ0) is 21.6. The van der Waals surface area contributed by atoms with Crippen LogP contribution in [0.4, 0.5) is 10.1 Å². The number of hydrogen-bond acceptors (Lipinski definition) is 6. The van der Waals surface area contributed by atoms with Gasteiger partial charge in [-0.3, -0.25) is 9.48 Å². The third kappa shape index (κ3) is 5.02. The van der Waals surface area contributed by atoms with Gasteiger partial charge in [0.25, 0.3) is 5.89 Å². The molecule has 156 valence electrons. The first kappa shape index (κ1) is 20.0. The number of halogens is 1. The van der Waals surface area contributed by atoms with Crippen molar-refractivity contribution in [3.8, 4) is 17.0 Å². The first-order valence-corrected chi connectivity index (χ1v) is 9.33. The lowest BCUT2D eigenvalue weighted by Crippen LogP contribution is -2.07. The summed E-state index contributed by atoms with van der Waals surface area (Å²) in [6, 6.07) is 13.0. The zero-order valence-corrected chi connectivity index (χ0v) is 16.5. The van der Waals surface area contributed by atoms with E-state index in [9.17, 15) is 9.18 Å². The highest BCUT2D eigenvalue weighted by Crippen LogP contribution is 2.24. The standard InChI is InChI=1S/C22H18FN5O3/c1-28-22(15-2-5-17(23)6-3-15)16(12-25-28)4-11-20(29)26-18-7-9-19(10-8-18)30-13-21-27-24-14-31-21/h2-12,14H,13H2,1H3,(H,26,29)/b11-4+. The van der Waals surface area contributed by atoms with Crippen LogP contribution in [-0.2, 0) is 18.4 Å². The first-order chi connectivity index (χ1) is 15.1. The number of amides is 1. The van der Waals surface area contributed by atoms with Crippen molar-refractivity contribution in [1.29, 1.82) is 0 Å². The number of nitrogens with zero attached hydrogens (tertiary/aromatic N) is 4. The molecule has 0 aliphatic rings. The Morgan fingerprint density at radius 2 is 1.97 bits per heavy atom. The second kappa shape index (κ2) is 9.04. The molecule has 0 aliphatic carbocycles. The number of aryl methyl sites for hydroxylation is 1. The summed E-state index contributed by atoms with van der Waals surface area (Å²) < 4.78 is 25.4. The lowest BCUT2D eigenvalue weighted by molar-refractivity contribution is -0.111. The smallest absolute Gasteiger partial charge is 0.253 e. The fourth-order valence-corrected chi connectivity index (χ4v) is 2.93. The summed E-state index contributed by atoms with van der Waals surface area (Å²) in [6.07, 6.45) is 5.98. The van der Waals surface area contributed by atoms with Gasteiger partial charge in [-0.25, -0.2) is 4.39 Å². The van der Waals surface area contributed by atoms with E-state index in [-0.39, 0.29) is 18.3 Å². The molecule has 0 atom stereocenters. The van der Waals surface area contributed by atoms with E-state index < -0.39 is 0 Å². The molecule has 1 amide bonds. The predicted molar refractivity (Wildman–Crippen MR) is 111 cm³/mol. The highest BCUT2D eigenvalue weighted by molar-refractivity contribution is 6.02. The quantitative estimate of drug-likeness (QED) is 0.458. The Morgan fingerprint density at radius 3 is 2.68 bits per heavy atom. The second-order valence-corrected chi connectivity index (χ2v) is 6.55. The number of carbonyl (C=O) groups is 1. The molecule has 0 fully saturated rings. The first-order valence-electron chi connectivity index (χ1n) is 9.33. The van der Waals surface area contributed by atoms with Crippen LogP contribution in [0.2, 0.25) is 0 Å². The molecule has 0 radical (unpaired) electrons. The summed E-state index contributed by atoms with van der Waals surface area (Å²) in [5, 5.41) is 14.3. The number of benzene rings is 2. The van der Waals surface area contributed by atoms with Crippen molar-refractivity contribution >= 4 is 17.7 Å². The maximum atomic E-state index is 13.2. The molecule has 9 heteroatoms. The maximum absolute atomic E-state index is 13.2. The molecule has 0 bridgehead atoms. The van der Waals surface area contributed by atoms with E-state index in [2.05, 4.69) is 20.6 Å². The Labute approximate surface area is 177 Å². The lowest BCUT2D eigenvalue weighted by atomic mass is 10.1. The number of anilines is 1. The molecule has 0 aliphatic heterocycles. The molecule has 2 heterocycles. The number of hydrogen-bond donors (Lipinski definition) is 1. The van der Waals surface area contributed by atoms with Crippen LogP contribution in [0.1, 0.15) is 11.5 Å². The monoisotopic (exact) mass is 419 g/mol. The van der Waals surface area contributed by atoms with Gasteiger partial charge in [0.1, 0.15) is 11.6 Å². The maximum Gasteiger partial charge on any atom is 0.253 e. The van der Waals surface area contributed by atoms with Gasteiger partial charge in [-0.15, -0.1) is 10.2 Å². The van der Waals surface area contributed by atoms with E-state index in [0.717, 1.165) is 16.8 Å². The Balaban J connectivity index is 1.38. The largest absolute Gasteiger partial charge is 0.484 e. The normalized spacial score (nSPS) is 11.0. The molecular formula is C22H18FN5O3. The van der Waals surface area contributed by atoms with Crippen molar-refractivity contribution in [2.45, 2.75) is 6.61 Å². The summed E-state index contributed by atoms with van der Waals surface area (Å²) in [7, 11) is 1.79. The molecule has 0 spiro atoms. The van der Waals surface area contributed by atoms with Gasteiger partial charge >= 0.3 is 0 Å². The molecule has 31 heavy (non-hydrogen) atoms. The van der Waals surface area contributed by atoms with Gasteiger partial charge in [0.2, 0.25) is 12.3 Å². The number of nitrogens with one attached hydrogen (secondary N) is 1. The molecular weight excluding hydrogens is 401 g/mol. The average Bonchev–Trinajstić information content (AvgIpc) is 3.42. The lowest BCUT2D eigenvalue weighted by Gasteiger charge is -2.06. The van der Waals surface area contributed by atoms with E-state index in [1.807, 2.05) is 0 Å². The van der Waals surface area contributed by atoms with E-state index >= 15 is 0 Å². The van der Waals surface area contributed by atoms with Crippen molar-refractivity contribution in [2.24, 2.45) is 7.05 Å². The van der Waals surface area contributed by atoms with Crippen LogP contribution in [0.25, 0.3) is 17.3 Å². The Hall–Kier alpha value is -4.27. The Morgan fingerprint density at radius 1 is 1.19 bits per heavy atom. The number of rotatable bonds is 7. The molecule has 2 aromatic carbocycles. The van der Waals surface area contributed by atoms with Gasteiger partial charge < -0.3 is 14.5 Å². The fraction of sp³-hybridized carbons (Fsp3) is 0.0909. The van der Waals surface area contributed by atoms with Crippen LogP contribution in [-0.4, -0.2) is 25.9 Å². The molecule has 8 nitrogen and oxygen atoms in total. The SMILES string of the molecule is Cn1ncc(/C=C/C(=O)Nc2ccc(OCc3nnco3)cc2)c1-c1ccc(F)cc1. The van der Waals surface area contributed by atoms with Crippen molar-refractivity contribution < 1.29 is 18.3 Å². The third-order valence-electron chi connectivity index (χ3n) is 4.39. The van der Waals surface area contributed by atoms with Gasteiger partial charge in [0.15, 0.2) is 6.61 Å². The van der Waals surface area contributed by atoms with Crippen molar-refractivity contribution in [1.82, 2.24) is 20.0 Å². The average molecular weight is 419 g/mol. The van der Waals surface area contributed by atoms with Gasteiger partial charge in [0, 0.05) is 29.9 Å². The van der Waals surface area contributed by atoms with Crippen molar-refractivity contribution in [3.63, 3.8) is 0 Å². The summed E-state index contributed by atoms with van der Waals surface area (Å²) in [5.41, 5.74) is 2.95.